The van der Waals surface area contributed by atoms with Crippen LogP contribution in [-0.4, -0.2) is 28.2 Å². The molecule has 0 spiro atoms. The van der Waals surface area contributed by atoms with Gasteiger partial charge in [0.05, 0.1) is 12.8 Å². The van der Waals surface area contributed by atoms with Gasteiger partial charge in [-0.3, -0.25) is 4.57 Å². The van der Waals surface area contributed by atoms with E-state index in [9.17, 15) is 4.57 Å². The number of benzene rings is 1. The van der Waals surface area contributed by atoms with E-state index >= 15 is 0 Å². The number of aryl methyl sites for hydroxylation is 1. The van der Waals surface area contributed by atoms with Crippen LogP contribution in [0, 0.1) is 11.8 Å². The van der Waals surface area contributed by atoms with Crippen molar-refractivity contribution in [3.05, 3.63) is 23.8 Å². The minimum atomic E-state index is -3.95. The molecule has 1 aromatic carbocycles. The van der Waals surface area contributed by atoms with Gasteiger partial charge >= 0.3 is 7.60 Å². The summed E-state index contributed by atoms with van der Waals surface area (Å²) >= 11 is 0. The summed E-state index contributed by atoms with van der Waals surface area (Å²) in [6.07, 6.45) is 9.72. The summed E-state index contributed by atoms with van der Waals surface area (Å²) < 4.78 is 22.9. The average molecular weight is 441 g/mol. The molecular weight excluding hydrogens is 399 g/mol. The van der Waals surface area contributed by atoms with Gasteiger partial charge in [0, 0.05) is 0 Å². The lowest BCUT2D eigenvalue weighted by atomic mass is 9.86. The van der Waals surface area contributed by atoms with Gasteiger partial charge in [0.25, 0.3) is 0 Å². The minimum absolute atomic E-state index is 0.101. The third-order valence-corrected chi connectivity index (χ3v) is 6.95. The Morgan fingerprint density at radius 1 is 1.13 bits per heavy atom. The summed E-state index contributed by atoms with van der Waals surface area (Å²) in [6.45, 7) is 9.50. The second-order valence-electron chi connectivity index (χ2n) is 9.73. The highest BCUT2D eigenvalue weighted by molar-refractivity contribution is 7.51. The normalized spacial score (nSPS) is 20.0. The molecule has 1 heterocycles. The zero-order valence-corrected chi connectivity index (χ0v) is 20.1. The lowest BCUT2D eigenvalue weighted by molar-refractivity contribution is 0.0523. The van der Waals surface area contributed by atoms with Crippen molar-refractivity contribution in [2.24, 2.45) is 11.8 Å². The van der Waals surface area contributed by atoms with E-state index in [0.29, 0.717) is 13.0 Å². The molecule has 0 saturated carbocycles. The molecule has 1 aliphatic rings. The maximum atomic E-state index is 10.9. The van der Waals surface area contributed by atoms with Crippen molar-refractivity contribution in [3.63, 3.8) is 0 Å². The van der Waals surface area contributed by atoms with Crippen LogP contribution >= 0.6 is 7.60 Å². The fourth-order valence-electron chi connectivity index (χ4n) is 4.14. The minimum Gasteiger partial charge on any atom is -0.494 e. The Bertz CT molecular complexity index is 699. The van der Waals surface area contributed by atoms with Crippen molar-refractivity contribution in [1.82, 2.24) is 0 Å². The number of hydrogen-bond acceptors (Lipinski definition) is 3. The molecule has 0 radical (unpaired) electrons. The van der Waals surface area contributed by atoms with Crippen LogP contribution in [0.25, 0.3) is 0 Å². The standard InChI is InChI=1S/C24H41O5P/c1-19(2)8-5-9-20(3)10-6-14-24(4)15-13-21-18-22(11-12-23(21)29-24)28-16-7-17-30(25,26)27/h11-12,18-20H,5-10,13-17H2,1-4H3,(H2,25,26,27). The van der Waals surface area contributed by atoms with Crippen LogP contribution in [0.4, 0.5) is 0 Å². The van der Waals surface area contributed by atoms with Crippen molar-refractivity contribution < 1.29 is 23.8 Å². The molecule has 6 heteroatoms. The molecular formula is C24H41O5P. The summed E-state index contributed by atoms with van der Waals surface area (Å²) in [5.74, 6) is 3.27. The average Bonchev–Trinajstić information content (AvgIpc) is 2.64. The van der Waals surface area contributed by atoms with Crippen LogP contribution in [-0.2, 0) is 11.0 Å². The molecule has 5 nitrogen and oxygen atoms in total. The largest absolute Gasteiger partial charge is 0.494 e. The van der Waals surface area contributed by atoms with Gasteiger partial charge < -0.3 is 19.3 Å². The van der Waals surface area contributed by atoms with E-state index in [1.54, 1.807) is 0 Å². The molecule has 1 aromatic rings. The van der Waals surface area contributed by atoms with Gasteiger partial charge in [-0.1, -0.05) is 46.5 Å². The quantitative estimate of drug-likeness (QED) is 0.276. The van der Waals surface area contributed by atoms with Gasteiger partial charge in [-0.25, -0.2) is 0 Å². The Kier molecular flexibility index (Phi) is 9.71. The Labute approximate surface area is 182 Å². The summed E-state index contributed by atoms with van der Waals surface area (Å²) in [7, 11) is -3.95. The van der Waals surface area contributed by atoms with Crippen LogP contribution in [0.1, 0.15) is 84.6 Å². The van der Waals surface area contributed by atoms with Crippen LogP contribution in [0.3, 0.4) is 0 Å². The Morgan fingerprint density at radius 2 is 1.87 bits per heavy atom. The number of fused-ring (bicyclic) bond motifs is 1. The van der Waals surface area contributed by atoms with Crippen LogP contribution < -0.4 is 9.47 Å². The Hall–Kier alpha value is -1.03. The number of hydrogen-bond donors (Lipinski definition) is 2. The number of rotatable bonds is 13. The Balaban J connectivity index is 1.75. The molecule has 0 aromatic heterocycles. The third-order valence-electron chi connectivity index (χ3n) is 6.05. The molecule has 2 unspecified atom stereocenters. The Morgan fingerprint density at radius 3 is 2.57 bits per heavy atom. The summed E-state index contributed by atoms with van der Waals surface area (Å²) in [5, 5.41) is 0. The van der Waals surface area contributed by atoms with Crippen LogP contribution in [0.2, 0.25) is 0 Å². The van der Waals surface area contributed by atoms with Crippen LogP contribution in [0.5, 0.6) is 11.5 Å². The fraction of sp³-hybridized carbons (Fsp3) is 0.750. The monoisotopic (exact) mass is 440 g/mol. The van der Waals surface area contributed by atoms with Gasteiger partial charge in [-0.15, -0.1) is 0 Å². The molecule has 2 rings (SSSR count). The molecule has 2 N–H and O–H groups in total. The third kappa shape index (κ3) is 9.41. The number of ether oxygens (including phenoxy) is 2. The molecule has 0 bridgehead atoms. The first kappa shape index (κ1) is 25.2. The van der Waals surface area contributed by atoms with Gasteiger partial charge in [-0.05, 0) is 74.6 Å². The SMILES string of the molecule is CC(C)CCCC(C)CCCC1(C)CCc2cc(OCCCP(=O)(O)O)ccc2O1. The van der Waals surface area contributed by atoms with Gasteiger partial charge in [0.15, 0.2) is 0 Å². The smallest absolute Gasteiger partial charge is 0.325 e. The summed E-state index contributed by atoms with van der Waals surface area (Å²) in [6, 6.07) is 5.86. The van der Waals surface area contributed by atoms with E-state index < -0.39 is 7.60 Å². The topological polar surface area (TPSA) is 76.0 Å². The molecule has 0 amide bonds. The highest BCUT2D eigenvalue weighted by atomic mass is 31.2. The predicted octanol–water partition coefficient (Wildman–Crippen LogP) is 6.35. The predicted molar refractivity (Wildman–Crippen MR) is 123 cm³/mol. The highest BCUT2D eigenvalue weighted by Crippen LogP contribution is 2.38. The van der Waals surface area contributed by atoms with Gasteiger partial charge in [0.1, 0.15) is 17.1 Å². The lowest BCUT2D eigenvalue weighted by Gasteiger charge is -2.36. The maximum absolute atomic E-state index is 10.9. The van der Waals surface area contributed by atoms with E-state index in [0.717, 1.165) is 48.2 Å². The zero-order chi connectivity index (χ0) is 22.2. The molecule has 30 heavy (non-hydrogen) atoms. The fourth-order valence-corrected chi connectivity index (χ4v) is 4.68. The lowest BCUT2D eigenvalue weighted by Crippen LogP contribution is -2.36. The van der Waals surface area contributed by atoms with Crippen molar-refractivity contribution in [1.29, 1.82) is 0 Å². The van der Waals surface area contributed by atoms with Crippen molar-refractivity contribution >= 4 is 7.60 Å². The molecule has 0 saturated heterocycles. The van der Waals surface area contributed by atoms with E-state index in [1.807, 2.05) is 18.2 Å². The maximum Gasteiger partial charge on any atom is 0.325 e. The first-order valence-corrected chi connectivity index (χ1v) is 13.4. The molecule has 1 aliphatic heterocycles. The van der Waals surface area contributed by atoms with E-state index in [1.165, 1.54) is 32.1 Å². The van der Waals surface area contributed by atoms with Crippen molar-refractivity contribution in [2.75, 3.05) is 12.8 Å². The molecule has 0 aliphatic carbocycles. The highest BCUT2D eigenvalue weighted by Gasteiger charge is 2.31. The van der Waals surface area contributed by atoms with E-state index in [-0.39, 0.29) is 11.8 Å². The van der Waals surface area contributed by atoms with E-state index in [2.05, 4.69) is 27.7 Å². The second-order valence-corrected chi connectivity index (χ2v) is 11.5. The molecule has 2 atom stereocenters. The van der Waals surface area contributed by atoms with Gasteiger partial charge in [0.2, 0.25) is 0 Å². The van der Waals surface area contributed by atoms with Crippen molar-refractivity contribution in [2.45, 2.75) is 91.1 Å². The molecule has 0 fully saturated rings. The first-order chi connectivity index (χ1) is 14.1. The second kappa shape index (κ2) is 11.5. The molecule has 172 valence electrons. The first-order valence-electron chi connectivity index (χ1n) is 11.6. The zero-order valence-electron chi connectivity index (χ0n) is 19.2. The van der Waals surface area contributed by atoms with E-state index in [4.69, 9.17) is 19.3 Å². The van der Waals surface area contributed by atoms with Crippen molar-refractivity contribution in [3.8, 4) is 11.5 Å². The van der Waals surface area contributed by atoms with Gasteiger partial charge in [-0.2, -0.15) is 0 Å². The van der Waals surface area contributed by atoms with Crippen LogP contribution in [0.15, 0.2) is 18.2 Å². The summed E-state index contributed by atoms with van der Waals surface area (Å²) in [5.41, 5.74) is 1.05. The summed E-state index contributed by atoms with van der Waals surface area (Å²) in [4.78, 5) is 17.8.